The normalized spacial score (nSPS) is 17.5. The molecule has 2 heterocycles. The third kappa shape index (κ3) is 6.21. The van der Waals surface area contributed by atoms with Gasteiger partial charge in [-0.05, 0) is 61.1 Å². The minimum Gasteiger partial charge on any atom is -0.368 e. The SMILES string of the molecule is CC(C)C[C@@H](NS(=O)(=O)c1ccc2c(c1)CCCC(=O)N2)C(=O)N1CCN(c2ccccc2)CC1. The van der Waals surface area contributed by atoms with Crippen molar-refractivity contribution in [3.05, 3.63) is 54.1 Å². The summed E-state index contributed by atoms with van der Waals surface area (Å²) in [5, 5.41) is 2.83. The number of nitrogens with one attached hydrogen (secondary N) is 2. The van der Waals surface area contributed by atoms with Crippen LogP contribution >= 0.6 is 0 Å². The largest absolute Gasteiger partial charge is 0.368 e. The number of fused-ring (bicyclic) bond motifs is 1. The molecule has 1 atom stereocenters. The number of carbonyl (C=O) groups excluding carboxylic acids is 2. The molecular formula is C26H34N4O4S. The average molecular weight is 499 g/mol. The summed E-state index contributed by atoms with van der Waals surface area (Å²) in [5.41, 5.74) is 2.57. The first kappa shape index (κ1) is 25.2. The van der Waals surface area contributed by atoms with Crippen LogP contribution in [0, 0.1) is 5.92 Å². The molecule has 8 nitrogen and oxygen atoms in total. The number of hydrogen-bond donors (Lipinski definition) is 2. The van der Waals surface area contributed by atoms with Crippen LogP contribution in [-0.2, 0) is 26.0 Å². The van der Waals surface area contributed by atoms with Gasteiger partial charge in [-0.3, -0.25) is 9.59 Å². The first-order chi connectivity index (χ1) is 16.7. The number of nitrogens with zero attached hydrogens (tertiary/aromatic N) is 2. The molecule has 9 heteroatoms. The number of carbonyl (C=O) groups is 2. The van der Waals surface area contributed by atoms with Crippen molar-refractivity contribution in [3.8, 4) is 0 Å². The number of aryl methyl sites for hydroxylation is 1. The monoisotopic (exact) mass is 498 g/mol. The van der Waals surface area contributed by atoms with Crippen LogP contribution in [0.25, 0.3) is 0 Å². The van der Waals surface area contributed by atoms with Gasteiger partial charge in [-0.15, -0.1) is 0 Å². The van der Waals surface area contributed by atoms with Crippen LogP contribution in [0.15, 0.2) is 53.4 Å². The summed E-state index contributed by atoms with van der Waals surface area (Å²) < 4.78 is 29.3. The van der Waals surface area contributed by atoms with Crippen molar-refractivity contribution in [2.24, 2.45) is 5.92 Å². The van der Waals surface area contributed by atoms with Gasteiger partial charge in [-0.25, -0.2) is 8.42 Å². The molecule has 2 aromatic carbocycles. The molecule has 0 unspecified atom stereocenters. The third-order valence-corrected chi connectivity index (χ3v) is 8.00. The topological polar surface area (TPSA) is 98.8 Å². The molecule has 1 saturated heterocycles. The number of sulfonamides is 1. The highest BCUT2D eigenvalue weighted by molar-refractivity contribution is 7.89. The van der Waals surface area contributed by atoms with Crippen molar-refractivity contribution < 1.29 is 18.0 Å². The number of amides is 2. The minimum absolute atomic E-state index is 0.0626. The van der Waals surface area contributed by atoms with Crippen molar-refractivity contribution in [2.45, 2.75) is 50.5 Å². The molecule has 2 N–H and O–H groups in total. The smallest absolute Gasteiger partial charge is 0.241 e. The molecule has 35 heavy (non-hydrogen) atoms. The Bertz CT molecular complexity index is 1160. The number of piperazine rings is 1. The first-order valence-corrected chi connectivity index (χ1v) is 13.7. The number of benzene rings is 2. The second kappa shape index (κ2) is 10.8. The number of hydrogen-bond acceptors (Lipinski definition) is 5. The van der Waals surface area contributed by atoms with Crippen LogP contribution in [0.5, 0.6) is 0 Å². The molecule has 4 rings (SSSR count). The lowest BCUT2D eigenvalue weighted by atomic mass is 10.0. The zero-order valence-electron chi connectivity index (χ0n) is 20.4. The maximum absolute atomic E-state index is 13.4. The van der Waals surface area contributed by atoms with Crippen LogP contribution < -0.4 is 14.9 Å². The molecule has 0 saturated carbocycles. The van der Waals surface area contributed by atoms with E-state index in [2.05, 4.69) is 27.1 Å². The fraction of sp³-hybridized carbons (Fsp3) is 0.462. The Balaban J connectivity index is 1.47. The van der Waals surface area contributed by atoms with Crippen molar-refractivity contribution in [2.75, 3.05) is 36.4 Å². The Labute approximate surface area is 207 Å². The van der Waals surface area contributed by atoms with Crippen LogP contribution in [-0.4, -0.2) is 57.4 Å². The average Bonchev–Trinajstić information content (AvgIpc) is 3.03. The maximum atomic E-state index is 13.4. The molecule has 0 aromatic heterocycles. The molecule has 2 aliphatic heterocycles. The summed E-state index contributed by atoms with van der Waals surface area (Å²) in [6.07, 6.45) is 2.12. The van der Waals surface area contributed by atoms with E-state index in [1.54, 1.807) is 17.0 Å². The highest BCUT2D eigenvalue weighted by atomic mass is 32.2. The lowest BCUT2D eigenvalue weighted by Gasteiger charge is -2.38. The fourth-order valence-electron chi connectivity index (χ4n) is 4.69. The summed E-state index contributed by atoms with van der Waals surface area (Å²) >= 11 is 0. The van der Waals surface area contributed by atoms with Gasteiger partial charge in [-0.1, -0.05) is 32.0 Å². The van der Waals surface area contributed by atoms with Gasteiger partial charge in [0.15, 0.2) is 0 Å². The van der Waals surface area contributed by atoms with Crippen LogP contribution in [0.4, 0.5) is 11.4 Å². The minimum atomic E-state index is -3.92. The van der Waals surface area contributed by atoms with E-state index < -0.39 is 16.1 Å². The first-order valence-electron chi connectivity index (χ1n) is 12.3. The van der Waals surface area contributed by atoms with Crippen LogP contribution in [0.1, 0.15) is 38.7 Å². The highest BCUT2D eigenvalue weighted by Crippen LogP contribution is 2.26. The van der Waals surface area contributed by atoms with E-state index in [0.29, 0.717) is 57.5 Å². The van der Waals surface area contributed by atoms with E-state index >= 15 is 0 Å². The quantitative estimate of drug-likeness (QED) is 0.612. The molecule has 2 aliphatic rings. The second-order valence-corrected chi connectivity index (χ2v) is 11.4. The molecule has 0 aliphatic carbocycles. The zero-order chi connectivity index (χ0) is 25.0. The van der Waals surface area contributed by atoms with Gasteiger partial charge in [0.1, 0.15) is 6.04 Å². The van der Waals surface area contributed by atoms with Crippen molar-refractivity contribution in [1.82, 2.24) is 9.62 Å². The number of para-hydroxylation sites is 1. The third-order valence-electron chi connectivity index (χ3n) is 6.53. The lowest BCUT2D eigenvalue weighted by molar-refractivity contribution is -0.133. The van der Waals surface area contributed by atoms with Gasteiger partial charge in [0.25, 0.3) is 0 Å². The van der Waals surface area contributed by atoms with Gasteiger partial charge in [0.2, 0.25) is 21.8 Å². The standard InChI is InChI=1S/C26H34N4O4S/c1-19(2)17-24(26(32)30-15-13-29(14-16-30)21-8-4-3-5-9-21)28-35(33,34)22-11-12-23-20(18-22)7-6-10-25(31)27-23/h3-5,8-9,11-12,18-19,24,28H,6-7,10,13-17H2,1-2H3,(H,27,31)/t24-/m1/s1. The van der Waals surface area contributed by atoms with Crippen molar-refractivity contribution in [3.63, 3.8) is 0 Å². The van der Waals surface area contributed by atoms with E-state index in [9.17, 15) is 18.0 Å². The van der Waals surface area contributed by atoms with E-state index in [1.165, 1.54) is 6.07 Å². The zero-order valence-corrected chi connectivity index (χ0v) is 21.2. The molecular weight excluding hydrogens is 464 g/mol. The molecule has 188 valence electrons. The molecule has 0 spiro atoms. The maximum Gasteiger partial charge on any atom is 0.241 e. The predicted molar refractivity (Wildman–Crippen MR) is 137 cm³/mol. The second-order valence-electron chi connectivity index (χ2n) is 9.67. The Morgan fingerprint density at radius 2 is 1.74 bits per heavy atom. The molecule has 0 bridgehead atoms. The van der Waals surface area contributed by atoms with E-state index in [-0.39, 0.29) is 22.6 Å². The Hall–Kier alpha value is -2.91. The number of anilines is 2. The molecule has 2 amide bonds. The van der Waals surface area contributed by atoms with Crippen molar-refractivity contribution in [1.29, 1.82) is 0 Å². The Morgan fingerprint density at radius 1 is 1.03 bits per heavy atom. The summed E-state index contributed by atoms with van der Waals surface area (Å²) in [5.74, 6) is -0.107. The molecule has 0 radical (unpaired) electrons. The summed E-state index contributed by atoms with van der Waals surface area (Å²) in [6.45, 7) is 6.45. The highest BCUT2D eigenvalue weighted by Gasteiger charge is 2.32. The number of rotatable bonds is 7. The van der Waals surface area contributed by atoms with E-state index in [0.717, 1.165) is 11.3 Å². The lowest BCUT2D eigenvalue weighted by Crippen LogP contribution is -2.55. The predicted octanol–water partition coefficient (Wildman–Crippen LogP) is 3.00. The van der Waals surface area contributed by atoms with Crippen LogP contribution in [0.2, 0.25) is 0 Å². The molecule has 2 aromatic rings. The van der Waals surface area contributed by atoms with Gasteiger partial charge in [0, 0.05) is 44.0 Å². The van der Waals surface area contributed by atoms with Crippen molar-refractivity contribution >= 4 is 33.2 Å². The van der Waals surface area contributed by atoms with Gasteiger partial charge in [-0.2, -0.15) is 4.72 Å². The summed E-state index contributed by atoms with van der Waals surface area (Å²) in [4.78, 5) is 29.4. The van der Waals surface area contributed by atoms with E-state index in [1.807, 2.05) is 32.0 Å². The summed E-state index contributed by atoms with van der Waals surface area (Å²) in [7, 11) is -3.92. The van der Waals surface area contributed by atoms with Gasteiger partial charge < -0.3 is 15.1 Å². The van der Waals surface area contributed by atoms with Gasteiger partial charge in [0.05, 0.1) is 4.90 Å². The fourth-order valence-corrected chi connectivity index (χ4v) is 5.94. The van der Waals surface area contributed by atoms with Crippen LogP contribution in [0.3, 0.4) is 0 Å². The molecule has 1 fully saturated rings. The summed E-state index contributed by atoms with van der Waals surface area (Å²) in [6, 6.07) is 14.0. The van der Waals surface area contributed by atoms with Gasteiger partial charge >= 0.3 is 0 Å². The Kier molecular flexibility index (Phi) is 7.76. The van der Waals surface area contributed by atoms with E-state index in [4.69, 9.17) is 0 Å². The Morgan fingerprint density at radius 3 is 2.43 bits per heavy atom.